The first-order chi connectivity index (χ1) is 17.9. The molecule has 0 radical (unpaired) electrons. The van der Waals surface area contributed by atoms with Crippen LogP contribution in [-0.4, -0.2) is 41.1 Å². The number of ether oxygens (including phenoxy) is 1. The molecule has 0 aliphatic carbocycles. The zero-order valence-corrected chi connectivity index (χ0v) is 21.4. The molecule has 3 amide bonds. The third-order valence-electron chi connectivity index (χ3n) is 7.21. The summed E-state index contributed by atoms with van der Waals surface area (Å²) in [6, 6.07) is 21.1. The lowest BCUT2D eigenvalue weighted by Gasteiger charge is -2.45. The molecular formula is C29H29ClFN3O3. The van der Waals surface area contributed by atoms with Gasteiger partial charge in [0.25, 0.3) is 0 Å². The molecule has 3 aromatic carbocycles. The van der Waals surface area contributed by atoms with Gasteiger partial charge in [-0.15, -0.1) is 0 Å². The molecule has 1 atom stereocenters. The lowest BCUT2D eigenvalue weighted by atomic mass is 9.98. The molecule has 192 valence electrons. The number of rotatable bonds is 5. The maximum atomic E-state index is 14.8. The third-order valence-corrected chi connectivity index (χ3v) is 7.45. The van der Waals surface area contributed by atoms with Gasteiger partial charge in [-0.2, -0.15) is 0 Å². The summed E-state index contributed by atoms with van der Waals surface area (Å²) in [5.74, 6) is -0.440. The van der Waals surface area contributed by atoms with E-state index in [1.807, 2.05) is 66.4 Å². The lowest BCUT2D eigenvalue weighted by Crippen LogP contribution is -2.55. The van der Waals surface area contributed by atoms with Crippen LogP contribution in [0.2, 0.25) is 5.02 Å². The van der Waals surface area contributed by atoms with Crippen molar-refractivity contribution in [2.45, 2.75) is 45.0 Å². The zero-order chi connectivity index (χ0) is 25.9. The van der Waals surface area contributed by atoms with E-state index in [0.717, 1.165) is 16.8 Å². The SMILES string of the molecule is CC(c1ccc(Cl)cc1F)N1C(=O)N(C2CCN(C(=O)OCc3ccccc3)CC2)Cc2ccccc21. The van der Waals surface area contributed by atoms with E-state index >= 15 is 0 Å². The van der Waals surface area contributed by atoms with Crippen molar-refractivity contribution in [1.29, 1.82) is 0 Å². The number of piperidine rings is 1. The second-order valence-electron chi connectivity index (χ2n) is 9.51. The van der Waals surface area contributed by atoms with E-state index in [9.17, 15) is 14.0 Å². The maximum Gasteiger partial charge on any atom is 0.410 e. The van der Waals surface area contributed by atoms with Crippen LogP contribution in [0, 0.1) is 5.82 Å². The van der Waals surface area contributed by atoms with Gasteiger partial charge in [-0.3, -0.25) is 4.90 Å². The van der Waals surface area contributed by atoms with Crippen LogP contribution in [0.5, 0.6) is 0 Å². The molecule has 2 heterocycles. The van der Waals surface area contributed by atoms with Gasteiger partial charge in [-0.25, -0.2) is 14.0 Å². The van der Waals surface area contributed by atoms with Gasteiger partial charge in [-0.05, 0) is 49.1 Å². The van der Waals surface area contributed by atoms with Crippen molar-refractivity contribution in [2.24, 2.45) is 0 Å². The van der Waals surface area contributed by atoms with Crippen LogP contribution in [0.1, 0.15) is 42.5 Å². The minimum Gasteiger partial charge on any atom is -0.445 e. The Hall–Kier alpha value is -3.58. The highest BCUT2D eigenvalue weighted by atomic mass is 35.5. The molecule has 0 N–H and O–H groups in total. The molecule has 1 saturated heterocycles. The van der Waals surface area contributed by atoms with E-state index in [-0.39, 0.29) is 24.8 Å². The molecule has 6 nitrogen and oxygen atoms in total. The highest BCUT2D eigenvalue weighted by molar-refractivity contribution is 6.30. The van der Waals surface area contributed by atoms with Gasteiger partial charge in [0.1, 0.15) is 12.4 Å². The van der Waals surface area contributed by atoms with Gasteiger partial charge in [0.05, 0.1) is 11.7 Å². The molecule has 3 aromatic rings. The number of hydrogen-bond donors (Lipinski definition) is 0. The first-order valence-electron chi connectivity index (χ1n) is 12.5. The number of carbonyl (C=O) groups is 2. The molecule has 8 heteroatoms. The molecule has 1 unspecified atom stereocenters. The van der Waals surface area contributed by atoms with E-state index in [4.69, 9.17) is 16.3 Å². The van der Waals surface area contributed by atoms with E-state index in [1.54, 1.807) is 21.9 Å². The van der Waals surface area contributed by atoms with Gasteiger partial charge in [0.2, 0.25) is 0 Å². The number of amides is 3. The largest absolute Gasteiger partial charge is 0.445 e. The quantitative estimate of drug-likeness (QED) is 0.371. The molecule has 0 saturated carbocycles. The Labute approximate surface area is 221 Å². The van der Waals surface area contributed by atoms with Crippen molar-refractivity contribution < 1.29 is 18.7 Å². The summed E-state index contributed by atoms with van der Waals surface area (Å²) in [4.78, 5) is 31.7. The second-order valence-corrected chi connectivity index (χ2v) is 9.95. The molecule has 0 spiro atoms. The number of anilines is 1. The van der Waals surface area contributed by atoms with Crippen molar-refractivity contribution in [1.82, 2.24) is 9.80 Å². The summed E-state index contributed by atoms with van der Waals surface area (Å²) in [5.41, 5.74) is 3.14. The van der Waals surface area contributed by atoms with E-state index in [0.29, 0.717) is 43.1 Å². The van der Waals surface area contributed by atoms with Crippen LogP contribution in [-0.2, 0) is 17.9 Å². The van der Waals surface area contributed by atoms with Crippen molar-refractivity contribution >= 4 is 29.4 Å². The van der Waals surface area contributed by atoms with Crippen LogP contribution < -0.4 is 4.90 Å². The summed E-state index contributed by atoms with van der Waals surface area (Å²) in [6.45, 7) is 3.55. The van der Waals surface area contributed by atoms with Crippen molar-refractivity contribution in [3.8, 4) is 0 Å². The summed E-state index contributed by atoms with van der Waals surface area (Å²) in [7, 11) is 0. The summed E-state index contributed by atoms with van der Waals surface area (Å²) < 4.78 is 20.3. The number of nitrogens with zero attached hydrogens (tertiary/aromatic N) is 3. The number of para-hydroxylation sites is 1. The molecule has 0 bridgehead atoms. The Morgan fingerprint density at radius 2 is 1.76 bits per heavy atom. The molecule has 37 heavy (non-hydrogen) atoms. The van der Waals surface area contributed by atoms with Crippen LogP contribution in [0.3, 0.4) is 0 Å². The van der Waals surface area contributed by atoms with E-state index in [2.05, 4.69) is 0 Å². The van der Waals surface area contributed by atoms with Crippen LogP contribution in [0.4, 0.5) is 19.7 Å². The Morgan fingerprint density at radius 3 is 2.49 bits per heavy atom. The van der Waals surface area contributed by atoms with Gasteiger partial charge in [0.15, 0.2) is 0 Å². The molecular weight excluding hydrogens is 493 g/mol. The zero-order valence-electron chi connectivity index (χ0n) is 20.6. The van der Waals surface area contributed by atoms with Gasteiger partial charge in [0, 0.05) is 36.3 Å². The maximum absolute atomic E-state index is 14.8. The highest BCUT2D eigenvalue weighted by Crippen LogP contribution is 2.38. The molecule has 1 fully saturated rings. The Morgan fingerprint density at radius 1 is 1.05 bits per heavy atom. The normalized spacial score (nSPS) is 16.9. The first kappa shape index (κ1) is 25.1. The number of halogens is 2. The van der Waals surface area contributed by atoms with Crippen molar-refractivity contribution in [2.75, 3.05) is 18.0 Å². The first-order valence-corrected chi connectivity index (χ1v) is 12.9. The molecule has 5 rings (SSSR count). The highest BCUT2D eigenvalue weighted by Gasteiger charge is 2.39. The number of urea groups is 1. The summed E-state index contributed by atoms with van der Waals surface area (Å²) >= 11 is 5.96. The van der Waals surface area contributed by atoms with Crippen LogP contribution >= 0.6 is 11.6 Å². The number of hydrogen-bond acceptors (Lipinski definition) is 3. The number of fused-ring (bicyclic) bond motifs is 1. The van der Waals surface area contributed by atoms with Gasteiger partial charge >= 0.3 is 12.1 Å². The average Bonchev–Trinajstić information content (AvgIpc) is 2.92. The fourth-order valence-corrected chi connectivity index (χ4v) is 5.34. The average molecular weight is 522 g/mol. The fourth-order valence-electron chi connectivity index (χ4n) is 5.18. The van der Waals surface area contributed by atoms with Crippen LogP contribution in [0.15, 0.2) is 72.8 Å². The number of likely N-dealkylation sites (tertiary alicyclic amines) is 1. The van der Waals surface area contributed by atoms with Crippen LogP contribution in [0.25, 0.3) is 0 Å². The van der Waals surface area contributed by atoms with Crippen molar-refractivity contribution in [3.05, 3.63) is 100 Å². The third kappa shape index (κ3) is 5.27. The van der Waals surface area contributed by atoms with E-state index in [1.165, 1.54) is 6.07 Å². The predicted molar refractivity (Wildman–Crippen MR) is 141 cm³/mol. The standard InChI is InChI=1S/C29H29ClFN3O3/c1-20(25-12-11-23(30)17-26(25)31)34-27-10-6-5-9-22(27)18-33(28(34)35)24-13-15-32(16-14-24)29(36)37-19-21-7-3-2-4-8-21/h2-12,17,20,24H,13-16,18-19H2,1H3. The smallest absolute Gasteiger partial charge is 0.410 e. The molecule has 2 aliphatic heterocycles. The number of carbonyl (C=O) groups excluding carboxylic acids is 2. The summed E-state index contributed by atoms with van der Waals surface area (Å²) in [5, 5.41) is 0.314. The lowest BCUT2D eigenvalue weighted by molar-refractivity contribution is 0.0725. The monoisotopic (exact) mass is 521 g/mol. The predicted octanol–water partition coefficient (Wildman–Crippen LogP) is 6.78. The Balaban J connectivity index is 1.29. The Bertz CT molecular complexity index is 1280. The fraction of sp³-hybridized carbons (Fsp3) is 0.310. The Kier molecular flexibility index (Phi) is 7.33. The van der Waals surface area contributed by atoms with Crippen molar-refractivity contribution in [3.63, 3.8) is 0 Å². The van der Waals surface area contributed by atoms with E-state index < -0.39 is 11.9 Å². The van der Waals surface area contributed by atoms with Gasteiger partial charge < -0.3 is 14.5 Å². The summed E-state index contributed by atoms with van der Waals surface area (Å²) in [6.07, 6.45) is 0.948. The molecule has 0 aromatic heterocycles. The minimum atomic E-state index is -0.526. The number of benzene rings is 3. The molecule has 2 aliphatic rings. The topological polar surface area (TPSA) is 53.1 Å². The minimum absolute atomic E-state index is 0.0382. The van der Waals surface area contributed by atoms with Gasteiger partial charge in [-0.1, -0.05) is 66.2 Å². The second kappa shape index (κ2) is 10.8.